The van der Waals surface area contributed by atoms with Crippen molar-refractivity contribution in [1.29, 1.82) is 0 Å². The molecule has 0 bridgehead atoms. The summed E-state index contributed by atoms with van der Waals surface area (Å²) >= 11 is 0. The summed E-state index contributed by atoms with van der Waals surface area (Å²) < 4.78 is 30.6. The third kappa shape index (κ3) is 5.19. The molecule has 0 fully saturated rings. The van der Waals surface area contributed by atoms with Crippen molar-refractivity contribution in [3.63, 3.8) is 0 Å². The summed E-state index contributed by atoms with van der Waals surface area (Å²) in [6.07, 6.45) is 0.538. The predicted molar refractivity (Wildman–Crippen MR) is 140 cm³/mol. The first-order chi connectivity index (χ1) is 17.7. The molecule has 10 heteroatoms. The van der Waals surface area contributed by atoms with Crippen LogP contribution in [0.4, 0.5) is 14.7 Å². The lowest BCUT2D eigenvalue weighted by molar-refractivity contribution is 0.0953. The predicted octanol–water partition coefficient (Wildman–Crippen LogP) is 4.15. The highest BCUT2D eigenvalue weighted by Gasteiger charge is 2.21. The molecule has 1 unspecified atom stereocenters. The van der Waals surface area contributed by atoms with Gasteiger partial charge in [0.15, 0.2) is 5.65 Å². The lowest BCUT2D eigenvalue weighted by Gasteiger charge is -2.18. The topological polar surface area (TPSA) is 101 Å². The van der Waals surface area contributed by atoms with Gasteiger partial charge in [0.1, 0.15) is 17.3 Å². The van der Waals surface area contributed by atoms with Crippen molar-refractivity contribution in [2.45, 2.75) is 33.4 Å². The minimum absolute atomic E-state index is 0.0209. The normalized spacial score (nSPS) is 11.9. The minimum Gasteiger partial charge on any atom is -0.352 e. The molecule has 3 N–H and O–H groups in total. The number of amides is 1. The van der Waals surface area contributed by atoms with Crippen LogP contribution in [0.3, 0.4) is 0 Å². The number of carbonyl (C=O) groups excluding carboxylic acids is 1. The summed E-state index contributed by atoms with van der Waals surface area (Å²) in [4.78, 5) is 34.8. The van der Waals surface area contributed by atoms with Crippen LogP contribution < -0.4 is 21.5 Å². The van der Waals surface area contributed by atoms with E-state index >= 15 is 0 Å². The number of para-hydroxylation sites is 1. The maximum Gasteiger partial charge on any atom is 0.256 e. The van der Waals surface area contributed by atoms with Crippen LogP contribution in [0.1, 0.15) is 36.2 Å². The van der Waals surface area contributed by atoms with Gasteiger partial charge in [-0.05, 0) is 63.2 Å². The van der Waals surface area contributed by atoms with Gasteiger partial charge in [-0.3, -0.25) is 14.2 Å². The molecule has 4 aromatic rings. The van der Waals surface area contributed by atoms with Gasteiger partial charge in [-0.25, -0.2) is 13.8 Å². The molecule has 192 valence electrons. The van der Waals surface area contributed by atoms with Gasteiger partial charge < -0.3 is 16.0 Å². The van der Waals surface area contributed by atoms with Gasteiger partial charge in [-0.1, -0.05) is 19.1 Å². The second-order valence-corrected chi connectivity index (χ2v) is 8.65. The molecule has 2 aromatic heterocycles. The number of rotatable bonds is 8. The molecule has 0 aliphatic carbocycles. The number of halogens is 2. The van der Waals surface area contributed by atoms with E-state index in [1.54, 1.807) is 25.2 Å². The Balaban J connectivity index is 2.05. The Morgan fingerprint density at radius 2 is 1.81 bits per heavy atom. The van der Waals surface area contributed by atoms with Crippen molar-refractivity contribution in [3.05, 3.63) is 81.6 Å². The number of fused-ring (bicyclic) bond motifs is 1. The van der Waals surface area contributed by atoms with Crippen molar-refractivity contribution in [3.8, 4) is 16.9 Å². The standard InChI is InChI=1S/C27H28F2N6O2/c1-5-13-31-26(37)17-10-9-15(2)19(14-17)23-18-11-12-22(36)35(24-20(28)7-6-8-21(24)29)25(18)34-27(33-23)32-16(3)30-4/h6-12,14,16,30H,5,13H2,1-4H3,(H,31,37)(H,32,33,34). The molecule has 4 rings (SSSR count). The fourth-order valence-electron chi connectivity index (χ4n) is 3.93. The number of pyridine rings is 1. The molecule has 1 atom stereocenters. The first kappa shape index (κ1) is 25.9. The molecule has 1 amide bonds. The van der Waals surface area contributed by atoms with Gasteiger partial charge in [0.2, 0.25) is 5.95 Å². The summed E-state index contributed by atoms with van der Waals surface area (Å²) in [5.74, 6) is -1.90. The Morgan fingerprint density at radius 3 is 2.49 bits per heavy atom. The number of aryl methyl sites for hydroxylation is 1. The van der Waals surface area contributed by atoms with E-state index < -0.39 is 22.9 Å². The van der Waals surface area contributed by atoms with Crippen molar-refractivity contribution in [2.75, 3.05) is 18.9 Å². The van der Waals surface area contributed by atoms with Crippen LogP contribution in [0.25, 0.3) is 28.0 Å². The number of aromatic nitrogens is 3. The highest BCUT2D eigenvalue weighted by atomic mass is 19.1. The number of hydrogen-bond acceptors (Lipinski definition) is 6. The summed E-state index contributed by atoms with van der Waals surface area (Å²) in [6, 6.07) is 11.4. The molecule has 0 saturated heterocycles. The van der Waals surface area contributed by atoms with Crippen LogP contribution >= 0.6 is 0 Å². The molecule has 0 radical (unpaired) electrons. The Morgan fingerprint density at radius 1 is 1.08 bits per heavy atom. The summed E-state index contributed by atoms with van der Waals surface area (Å²) in [5.41, 5.74) is 1.12. The van der Waals surface area contributed by atoms with E-state index in [1.807, 2.05) is 20.8 Å². The van der Waals surface area contributed by atoms with Gasteiger partial charge in [0.05, 0.1) is 11.9 Å². The third-order valence-electron chi connectivity index (χ3n) is 5.98. The molecule has 2 heterocycles. The van der Waals surface area contributed by atoms with Gasteiger partial charge in [-0.15, -0.1) is 0 Å². The van der Waals surface area contributed by atoms with E-state index in [-0.39, 0.29) is 23.7 Å². The average Bonchev–Trinajstić information content (AvgIpc) is 2.88. The van der Waals surface area contributed by atoms with Crippen LogP contribution in [0.2, 0.25) is 0 Å². The Hall–Kier alpha value is -4.18. The maximum absolute atomic E-state index is 14.8. The minimum atomic E-state index is -0.904. The van der Waals surface area contributed by atoms with E-state index in [2.05, 4.69) is 20.9 Å². The number of anilines is 1. The Bertz CT molecular complexity index is 1520. The first-order valence-electron chi connectivity index (χ1n) is 12.0. The van der Waals surface area contributed by atoms with Crippen LogP contribution in [0, 0.1) is 18.6 Å². The van der Waals surface area contributed by atoms with E-state index in [0.29, 0.717) is 28.8 Å². The second kappa shape index (κ2) is 10.8. The molecule has 8 nitrogen and oxygen atoms in total. The fourth-order valence-corrected chi connectivity index (χ4v) is 3.93. The van der Waals surface area contributed by atoms with Gasteiger partial charge in [-0.2, -0.15) is 4.98 Å². The first-order valence-corrected chi connectivity index (χ1v) is 12.0. The highest BCUT2D eigenvalue weighted by molar-refractivity contribution is 5.98. The molecular formula is C27H28F2N6O2. The van der Waals surface area contributed by atoms with Crippen molar-refractivity contribution < 1.29 is 13.6 Å². The molecule has 0 saturated carbocycles. The Labute approximate surface area is 212 Å². The maximum atomic E-state index is 14.8. The van der Waals surface area contributed by atoms with Crippen molar-refractivity contribution in [2.24, 2.45) is 0 Å². The van der Waals surface area contributed by atoms with E-state index in [1.165, 1.54) is 18.2 Å². The molecule has 2 aromatic carbocycles. The van der Waals surface area contributed by atoms with Gasteiger partial charge in [0, 0.05) is 29.1 Å². The lowest BCUT2D eigenvalue weighted by atomic mass is 9.99. The molecule has 0 aliphatic rings. The van der Waals surface area contributed by atoms with Crippen LogP contribution in [0.15, 0.2) is 53.3 Å². The molecule has 0 spiro atoms. The van der Waals surface area contributed by atoms with E-state index in [0.717, 1.165) is 28.7 Å². The number of nitrogens with zero attached hydrogens (tertiary/aromatic N) is 3. The largest absolute Gasteiger partial charge is 0.352 e. The monoisotopic (exact) mass is 506 g/mol. The van der Waals surface area contributed by atoms with Crippen molar-refractivity contribution in [1.82, 2.24) is 25.2 Å². The van der Waals surface area contributed by atoms with Crippen molar-refractivity contribution >= 4 is 22.9 Å². The SMILES string of the molecule is CCCNC(=O)c1ccc(C)c(-c2nc(NC(C)NC)nc3c2ccc(=O)n3-c2c(F)cccc2F)c1. The second-order valence-electron chi connectivity index (χ2n) is 8.65. The number of benzene rings is 2. The van der Waals surface area contributed by atoms with E-state index in [9.17, 15) is 18.4 Å². The average molecular weight is 507 g/mol. The Kier molecular flexibility index (Phi) is 7.58. The number of nitrogens with one attached hydrogen (secondary N) is 3. The van der Waals surface area contributed by atoms with Crippen LogP contribution in [-0.2, 0) is 0 Å². The fraction of sp³-hybridized carbons (Fsp3) is 0.259. The number of hydrogen-bond donors (Lipinski definition) is 3. The van der Waals surface area contributed by atoms with E-state index in [4.69, 9.17) is 4.98 Å². The highest BCUT2D eigenvalue weighted by Crippen LogP contribution is 2.31. The van der Waals surface area contributed by atoms with Gasteiger partial charge in [0.25, 0.3) is 11.5 Å². The molecule has 0 aliphatic heterocycles. The zero-order valence-corrected chi connectivity index (χ0v) is 21.0. The lowest BCUT2D eigenvalue weighted by Crippen LogP contribution is -2.31. The summed E-state index contributed by atoms with van der Waals surface area (Å²) in [5, 5.41) is 9.36. The molecular weight excluding hydrogens is 478 g/mol. The quantitative estimate of drug-likeness (QED) is 0.311. The van der Waals surface area contributed by atoms with Gasteiger partial charge >= 0.3 is 0 Å². The number of carbonyl (C=O) groups is 1. The zero-order chi connectivity index (χ0) is 26.7. The third-order valence-corrected chi connectivity index (χ3v) is 5.98. The van der Waals surface area contributed by atoms with Crippen LogP contribution in [0.5, 0.6) is 0 Å². The zero-order valence-electron chi connectivity index (χ0n) is 21.0. The summed E-state index contributed by atoms with van der Waals surface area (Å²) in [6.45, 7) is 6.21. The molecule has 37 heavy (non-hydrogen) atoms. The van der Waals surface area contributed by atoms with Crippen LogP contribution in [-0.4, -0.2) is 40.2 Å². The smallest absolute Gasteiger partial charge is 0.256 e. The summed E-state index contributed by atoms with van der Waals surface area (Å²) in [7, 11) is 1.74.